The van der Waals surface area contributed by atoms with E-state index < -0.39 is 29.5 Å². The van der Waals surface area contributed by atoms with E-state index in [0.29, 0.717) is 0 Å². The van der Waals surface area contributed by atoms with Crippen LogP contribution in [0.3, 0.4) is 0 Å². The molecule has 6 heteroatoms. The topological polar surface area (TPSA) is 37.3 Å². The van der Waals surface area contributed by atoms with Gasteiger partial charge in [-0.05, 0) is 23.8 Å². The third kappa shape index (κ3) is 1.31. The van der Waals surface area contributed by atoms with Crippen LogP contribution in [-0.2, 0) is 10.2 Å². The second-order valence-electron chi connectivity index (χ2n) is 3.72. The number of benzene rings is 1. The van der Waals surface area contributed by atoms with Crippen LogP contribution in [0, 0.1) is 5.82 Å². The van der Waals surface area contributed by atoms with E-state index in [1.165, 1.54) is 0 Å². The van der Waals surface area contributed by atoms with Crippen LogP contribution < -0.4 is 0 Å². The van der Waals surface area contributed by atoms with Crippen molar-refractivity contribution in [1.82, 2.24) is 0 Å². The van der Waals surface area contributed by atoms with Crippen molar-refractivity contribution in [3.8, 4) is 0 Å². The molecule has 1 fully saturated rings. The highest BCUT2D eigenvalue weighted by Gasteiger charge is 2.77. The molecule has 0 amide bonds. The molecule has 1 saturated carbocycles. The number of carboxylic acids is 1. The Balaban J connectivity index is 2.59. The van der Waals surface area contributed by atoms with Gasteiger partial charge in [0.15, 0.2) is 5.41 Å². The SMILES string of the molecule is O=C(O)C1(c2cc(F)ccc2Cl)CC1(F)F. The van der Waals surface area contributed by atoms with E-state index >= 15 is 0 Å². The molecule has 2 nitrogen and oxygen atoms in total. The van der Waals surface area contributed by atoms with Gasteiger partial charge in [-0.3, -0.25) is 4.79 Å². The van der Waals surface area contributed by atoms with Gasteiger partial charge in [0.25, 0.3) is 5.92 Å². The Morgan fingerprint density at radius 3 is 2.44 bits per heavy atom. The standard InChI is InChI=1S/C10H6ClF3O2/c11-7-2-1-5(12)3-6(7)9(8(15)16)4-10(9,13)14/h1-3H,4H2,(H,15,16). The molecule has 0 aromatic heterocycles. The number of carbonyl (C=O) groups is 1. The van der Waals surface area contributed by atoms with Gasteiger partial charge in [-0.2, -0.15) is 0 Å². The van der Waals surface area contributed by atoms with Gasteiger partial charge < -0.3 is 5.11 Å². The highest BCUT2D eigenvalue weighted by molar-refractivity contribution is 6.31. The van der Waals surface area contributed by atoms with E-state index in [4.69, 9.17) is 16.7 Å². The summed E-state index contributed by atoms with van der Waals surface area (Å²) in [4.78, 5) is 10.9. The molecule has 1 atom stereocenters. The molecule has 0 aliphatic heterocycles. The van der Waals surface area contributed by atoms with Crippen molar-refractivity contribution in [2.45, 2.75) is 17.8 Å². The van der Waals surface area contributed by atoms with Crippen molar-refractivity contribution in [2.75, 3.05) is 0 Å². The van der Waals surface area contributed by atoms with Crippen molar-refractivity contribution < 1.29 is 23.1 Å². The first-order valence-corrected chi connectivity index (χ1v) is 4.76. The van der Waals surface area contributed by atoms with E-state index in [-0.39, 0.29) is 10.6 Å². The number of hydrogen-bond acceptors (Lipinski definition) is 1. The quantitative estimate of drug-likeness (QED) is 0.876. The minimum absolute atomic E-state index is 0.166. The van der Waals surface area contributed by atoms with E-state index in [9.17, 15) is 18.0 Å². The average Bonchev–Trinajstić information content (AvgIpc) is 2.75. The van der Waals surface area contributed by atoms with Crippen LogP contribution in [-0.4, -0.2) is 17.0 Å². The van der Waals surface area contributed by atoms with Crippen LogP contribution in [0.4, 0.5) is 13.2 Å². The van der Waals surface area contributed by atoms with Crippen molar-refractivity contribution >= 4 is 17.6 Å². The maximum atomic E-state index is 13.1. The summed E-state index contributed by atoms with van der Waals surface area (Å²) in [6.45, 7) is 0. The number of hydrogen-bond donors (Lipinski definition) is 1. The molecule has 1 aliphatic rings. The van der Waals surface area contributed by atoms with E-state index in [1.807, 2.05) is 0 Å². The number of carboxylic acid groups (broad SMARTS) is 1. The van der Waals surface area contributed by atoms with Crippen LogP contribution in [0.15, 0.2) is 18.2 Å². The molecule has 0 heterocycles. The summed E-state index contributed by atoms with van der Waals surface area (Å²) in [5.41, 5.74) is -2.74. The summed E-state index contributed by atoms with van der Waals surface area (Å²) in [5.74, 6) is -5.86. The summed E-state index contributed by atoms with van der Waals surface area (Å²) < 4.78 is 39.2. The number of halogens is 4. The first-order chi connectivity index (χ1) is 7.31. The summed E-state index contributed by atoms with van der Waals surface area (Å²) in [7, 11) is 0. The molecule has 0 saturated heterocycles. The Morgan fingerprint density at radius 2 is 2.00 bits per heavy atom. The maximum Gasteiger partial charge on any atom is 0.320 e. The maximum absolute atomic E-state index is 13.1. The number of aliphatic carboxylic acids is 1. The largest absolute Gasteiger partial charge is 0.480 e. The lowest BCUT2D eigenvalue weighted by Gasteiger charge is -2.13. The first kappa shape index (κ1) is 11.3. The van der Waals surface area contributed by atoms with Crippen LogP contribution in [0.25, 0.3) is 0 Å². The van der Waals surface area contributed by atoms with Crippen molar-refractivity contribution in [2.24, 2.45) is 0 Å². The zero-order valence-electron chi connectivity index (χ0n) is 7.81. The number of alkyl halides is 2. The molecular weight excluding hydrogens is 245 g/mol. The molecular formula is C10H6ClF3O2. The molecule has 1 unspecified atom stereocenters. The Kier molecular flexibility index (Phi) is 2.21. The summed E-state index contributed by atoms with van der Waals surface area (Å²) >= 11 is 5.63. The highest BCUT2D eigenvalue weighted by atomic mass is 35.5. The monoisotopic (exact) mass is 250 g/mol. The minimum Gasteiger partial charge on any atom is -0.480 e. The van der Waals surface area contributed by atoms with Crippen LogP contribution in [0.1, 0.15) is 12.0 Å². The van der Waals surface area contributed by atoms with Crippen LogP contribution in [0.2, 0.25) is 5.02 Å². The van der Waals surface area contributed by atoms with Crippen LogP contribution >= 0.6 is 11.6 Å². The lowest BCUT2D eigenvalue weighted by molar-refractivity contribution is -0.142. The Morgan fingerprint density at radius 1 is 1.44 bits per heavy atom. The molecule has 1 aromatic carbocycles. The van der Waals surface area contributed by atoms with Gasteiger partial charge in [0.1, 0.15) is 5.82 Å². The number of rotatable bonds is 2. The van der Waals surface area contributed by atoms with Gasteiger partial charge in [0.05, 0.1) is 0 Å². The third-order valence-electron chi connectivity index (χ3n) is 2.74. The van der Waals surface area contributed by atoms with Crippen molar-refractivity contribution in [3.05, 3.63) is 34.6 Å². The Hall–Kier alpha value is -1.23. The summed E-state index contributed by atoms with van der Waals surface area (Å²) in [6.07, 6.45) is -0.849. The smallest absolute Gasteiger partial charge is 0.320 e. The fourth-order valence-electron chi connectivity index (χ4n) is 1.75. The fraction of sp³-hybridized carbons (Fsp3) is 0.300. The van der Waals surface area contributed by atoms with Crippen LogP contribution in [0.5, 0.6) is 0 Å². The van der Waals surface area contributed by atoms with E-state index in [2.05, 4.69) is 0 Å². The normalized spacial score (nSPS) is 26.5. The molecule has 0 spiro atoms. The summed E-state index contributed by atoms with van der Waals surface area (Å²) in [6, 6.07) is 2.81. The van der Waals surface area contributed by atoms with E-state index in [0.717, 1.165) is 18.2 Å². The minimum atomic E-state index is -3.38. The zero-order chi connectivity index (χ0) is 12.1. The second-order valence-corrected chi connectivity index (χ2v) is 4.12. The molecule has 16 heavy (non-hydrogen) atoms. The van der Waals surface area contributed by atoms with Gasteiger partial charge >= 0.3 is 5.97 Å². The highest BCUT2D eigenvalue weighted by Crippen LogP contribution is 2.62. The average molecular weight is 251 g/mol. The van der Waals surface area contributed by atoms with Gasteiger partial charge in [-0.1, -0.05) is 11.6 Å². The zero-order valence-corrected chi connectivity index (χ0v) is 8.56. The predicted octanol–water partition coefficient (Wildman–Crippen LogP) is 2.84. The third-order valence-corrected chi connectivity index (χ3v) is 3.07. The fourth-order valence-corrected chi connectivity index (χ4v) is 2.03. The molecule has 86 valence electrons. The van der Waals surface area contributed by atoms with Gasteiger partial charge in [-0.25, -0.2) is 13.2 Å². The van der Waals surface area contributed by atoms with Gasteiger partial charge in [-0.15, -0.1) is 0 Å². The molecule has 1 N–H and O–H groups in total. The van der Waals surface area contributed by atoms with E-state index in [1.54, 1.807) is 0 Å². The summed E-state index contributed by atoms with van der Waals surface area (Å²) in [5, 5.41) is 8.68. The van der Waals surface area contributed by atoms with Gasteiger partial charge in [0.2, 0.25) is 0 Å². The Labute approximate surface area is 93.6 Å². The molecule has 2 rings (SSSR count). The lowest BCUT2D eigenvalue weighted by Crippen LogP contribution is -2.27. The Bertz CT molecular complexity index is 475. The van der Waals surface area contributed by atoms with Crippen molar-refractivity contribution in [1.29, 1.82) is 0 Å². The molecule has 1 aromatic rings. The molecule has 1 aliphatic carbocycles. The van der Waals surface area contributed by atoms with Gasteiger partial charge in [0, 0.05) is 11.4 Å². The van der Waals surface area contributed by atoms with Crippen molar-refractivity contribution in [3.63, 3.8) is 0 Å². The molecule has 0 bridgehead atoms. The molecule has 0 radical (unpaired) electrons. The lowest BCUT2D eigenvalue weighted by atomic mass is 9.95. The second kappa shape index (κ2) is 3.13. The predicted molar refractivity (Wildman–Crippen MR) is 50.3 cm³/mol. The first-order valence-electron chi connectivity index (χ1n) is 4.38.